The van der Waals surface area contributed by atoms with E-state index in [1.54, 1.807) is 0 Å². The van der Waals surface area contributed by atoms with E-state index < -0.39 is 0 Å². The van der Waals surface area contributed by atoms with Gasteiger partial charge < -0.3 is 5.32 Å². The first-order valence-corrected chi connectivity index (χ1v) is 7.37. The molecule has 1 heterocycles. The van der Waals surface area contributed by atoms with Crippen molar-refractivity contribution < 1.29 is 0 Å². The van der Waals surface area contributed by atoms with E-state index in [9.17, 15) is 0 Å². The molecule has 1 aromatic carbocycles. The molecule has 0 aliphatic carbocycles. The van der Waals surface area contributed by atoms with Crippen molar-refractivity contribution >= 4 is 0 Å². The lowest BCUT2D eigenvalue weighted by Gasteiger charge is -2.24. The highest BCUT2D eigenvalue weighted by molar-refractivity contribution is 5.20. The van der Waals surface area contributed by atoms with E-state index in [1.165, 1.54) is 5.56 Å². The Kier molecular flexibility index (Phi) is 5.31. The van der Waals surface area contributed by atoms with Crippen molar-refractivity contribution in [2.45, 2.75) is 32.7 Å². The first kappa shape index (κ1) is 14.7. The largest absolute Gasteiger partial charge is 0.308 e. The van der Waals surface area contributed by atoms with Crippen molar-refractivity contribution in [1.29, 1.82) is 0 Å². The van der Waals surface area contributed by atoms with Crippen LogP contribution in [0.15, 0.2) is 54.7 Å². The number of aromatic nitrogens is 1. The van der Waals surface area contributed by atoms with Crippen LogP contribution < -0.4 is 5.32 Å². The fraction of sp³-hybridized carbons (Fsp3) is 0.389. The summed E-state index contributed by atoms with van der Waals surface area (Å²) in [4.78, 5) is 4.41. The van der Waals surface area contributed by atoms with Crippen LogP contribution in [0.2, 0.25) is 0 Å². The maximum absolute atomic E-state index is 4.41. The zero-order chi connectivity index (χ0) is 14.4. The number of rotatable bonds is 6. The van der Waals surface area contributed by atoms with Gasteiger partial charge in [0.2, 0.25) is 0 Å². The summed E-state index contributed by atoms with van der Waals surface area (Å²) < 4.78 is 0. The summed E-state index contributed by atoms with van der Waals surface area (Å²) in [6.45, 7) is 7.71. The van der Waals surface area contributed by atoms with Crippen LogP contribution in [-0.4, -0.2) is 11.5 Å². The van der Waals surface area contributed by atoms with E-state index in [1.807, 2.05) is 18.3 Å². The van der Waals surface area contributed by atoms with Crippen molar-refractivity contribution in [1.82, 2.24) is 10.3 Å². The van der Waals surface area contributed by atoms with Gasteiger partial charge in [0, 0.05) is 18.8 Å². The lowest BCUT2D eigenvalue weighted by Crippen LogP contribution is -2.27. The Morgan fingerprint density at radius 2 is 1.65 bits per heavy atom. The number of nitrogens with one attached hydrogen (secondary N) is 1. The van der Waals surface area contributed by atoms with E-state index in [0.717, 1.165) is 12.2 Å². The fourth-order valence-corrected chi connectivity index (χ4v) is 2.48. The molecular weight excluding hydrogens is 244 g/mol. The number of hydrogen-bond donors (Lipinski definition) is 1. The Morgan fingerprint density at radius 1 is 0.950 bits per heavy atom. The maximum atomic E-state index is 4.41. The number of hydrogen-bond acceptors (Lipinski definition) is 2. The maximum Gasteiger partial charge on any atom is 0.0570 e. The molecule has 0 aliphatic rings. The highest BCUT2D eigenvalue weighted by atomic mass is 14.9. The van der Waals surface area contributed by atoms with Crippen molar-refractivity contribution in [2.24, 2.45) is 5.92 Å². The molecule has 0 aliphatic heterocycles. The molecule has 0 radical (unpaired) electrons. The highest BCUT2D eigenvalue weighted by Gasteiger charge is 2.17. The van der Waals surface area contributed by atoms with Gasteiger partial charge in [0.05, 0.1) is 5.69 Å². The third-order valence-corrected chi connectivity index (χ3v) is 3.81. The van der Waals surface area contributed by atoms with Gasteiger partial charge in [-0.15, -0.1) is 0 Å². The topological polar surface area (TPSA) is 24.9 Å². The van der Waals surface area contributed by atoms with Crippen LogP contribution in [0.5, 0.6) is 0 Å². The van der Waals surface area contributed by atoms with E-state index in [-0.39, 0.29) is 6.04 Å². The Labute approximate surface area is 122 Å². The second-order valence-electron chi connectivity index (χ2n) is 5.65. The molecule has 0 fully saturated rings. The number of pyridine rings is 1. The lowest BCUT2D eigenvalue weighted by atomic mass is 9.88. The molecule has 1 unspecified atom stereocenters. The third-order valence-electron chi connectivity index (χ3n) is 3.81. The molecule has 106 valence electrons. The summed E-state index contributed by atoms with van der Waals surface area (Å²) in [5.74, 6) is 1.14. The average Bonchev–Trinajstić information content (AvgIpc) is 2.49. The summed E-state index contributed by atoms with van der Waals surface area (Å²) in [7, 11) is 0. The van der Waals surface area contributed by atoms with Crippen molar-refractivity contribution in [2.75, 3.05) is 6.54 Å². The minimum absolute atomic E-state index is 0.279. The zero-order valence-corrected chi connectivity index (χ0v) is 12.6. The standard InChI is InChI=1S/C18H24N2/c1-14(2)17(16-9-5-4-6-10-16)13-20-15(3)18-11-7-8-12-19-18/h4-12,14-15,17,20H,13H2,1-3H3/t15-,17?/m1/s1. The normalized spacial score (nSPS) is 14.2. The van der Waals surface area contributed by atoms with Gasteiger partial charge in [0.25, 0.3) is 0 Å². The molecule has 0 saturated heterocycles. The van der Waals surface area contributed by atoms with Crippen molar-refractivity contribution in [3.63, 3.8) is 0 Å². The predicted octanol–water partition coefficient (Wildman–Crippen LogP) is 4.17. The Bertz CT molecular complexity index is 493. The molecule has 2 heteroatoms. The second kappa shape index (κ2) is 7.20. The molecule has 2 rings (SSSR count). The molecule has 0 bridgehead atoms. The Hall–Kier alpha value is -1.67. The van der Waals surface area contributed by atoms with Crippen LogP contribution in [0.25, 0.3) is 0 Å². The summed E-state index contributed by atoms with van der Waals surface area (Å²) in [6, 6.07) is 17.1. The van der Waals surface area contributed by atoms with Crippen LogP contribution in [0.1, 0.15) is 44.0 Å². The second-order valence-corrected chi connectivity index (χ2v) is 5.65. The number of nitrogens with zero attached hydrogens (tertiary/aromatic N) is 1. The van der Waals surface area contributed by atoms with Crippen LogP contribution >= 0.6 is 0 Å². The van der Waals surface area contributed by atoms with Gasteiger partial charge >= 0.3 is 0 Å². The molecule has 0 spiro atoms. The van der Waals surface area contributed by atoms with E-state index in [0.29, 0.717) is 11.8 Å². The minimum atomic E-state index is 0.279. The first-order valence-electron chi connectivity index (χ1n) is 7.37. The van der Waals surface area contributed by atoms with Gasteiger partial charge in [-0.25, -0.2) is 0 Å². The lowest BCUT2D eigenvalue weighted by molar-refractivity contribution is 0.433. The monoisotopic (exact) mass is 268 g/mol. The van der Waals surface area contributed by atoms with Crippen LogP contribution in [0, 0.1) is 5.92 Å². The predicted molar refractivity (Wildman–Crippen MR) is 84.7 cm³/mol. The first-order chi connectivity index (χ1) is 9.68. The van der Waals surface area contributed by atoms with Gasteiger partial charge in [0.15, 0.2) is 0 Å². The molecule has 2 nitrogen and oxygen atoms in total. The van der Waals surface area contributed by atoms with Crippen LogP contribution in [0.4, 0.5) is 0 Å². The van der Waals surface area contributed by atoms with Crippen molar-refractivity contribution in [3.05, 3.63) is 66.0 Å². The van der Waals surface area contributed by atoms with Crippen LogP contribution in [-0.2, 0) is 0 Å². The molecule has 2 atom stereocenters. The van der Waals surface area contributed by atoms with Gasteiger partial charge in [-0.05, 0) is 36.5 Å². The fourth-order valence-electron chi connectivity index (χ4n) is 2.48. The van der Waals surface area contributed by atoms with Crippen LogP contribution in [0.3, 0.4) is 0 Å². The minimum Gasteiger partial charge on any atom is -0.308 e. The van der Waals surface area contributed by atoms with Gasteiger partial charge in [-0.1, -0.05) is 50.2 Å². The zero-order valence-electron chi connectivity index (χ0n) is 12.6. The van der Waals surface area contributed by atoms with E-state index in [4.69, 9.17) is 0 Å². The molecule has 20 heavy (non-hydrogen) atoms. The average molecular weight is 268 g/mol. The molecule has 0 amide bonds. The number of benzene rings is 1. The molecule has 0 saturated carbocycles. The van der Waals surface area contributed by atoms with Gasteiger partial charge in [-0.2, -0.15) is 0 Å². The quantitative estimate of drug-likeness (QED) is 0.850. The Balaban J connectivity index is 2.00. The van der Waals surface area contributed by atoms with E-state index >= 15 is 0 Å². The third kappa shape index (κ3) is 3.91. The van der Waals surface area contributed by atoms with E-state index in [2.05, 4.69) is 67.5 Å². The Morgan fingerprint density at radius 3 is 2.25 bits per heavy atom. The van der Waals surface area contributed by atoms with Gasteiger partial charge in [-0.3, -0.25) is 4.98 Å². The smallest absolute Gasteiger partial charge is 0.0570 e. The summed E-state index contributed by atoms with van der Waals surface area (Å²) in [5.41, 5.74) is 2.51. The molecular formula is C18H24N2. The summed E-state index contributed by atoms with van der Waals surface area (Å²) in [6.07, 6.45) is 1.85. The van der Waals surface area contributed by atoms with Gasteiger partial charge in [0.1, 0.15) is 0 Å². The summed E-state index contributed by atoms with van der Waals surface area (Å²) in [5, 5.41) is 3.62. The molecule has 1 aromatic heterocycles. The summed E-state index contributed by atoms with van der Waals surface area (Å²) >= 11 is 0. The SMILES string of the molecule is CC(C)C(CN[C@H](C)c1ccccn1)c1ccccc1. The van der Waals surface area contributed by atoms with Crippen molar-refractivity contribution in [3.8, 4) is 0 Å². The molecule has 1 N–H and O–H groups in total. The molecule has 2 aromatic rings. The highest BCUT2D eigenvalue weighted by Crippen LogP contribution is 2.24.